The maximum absolute atomic E-state index is 2.38. The van der Waals surface area contributed by atoms with E-state index in [1.165, 1.54) is 82.4 Å². The van der Waals surface area contributed by atoms with Crippen LogP contribution in [0.5, 0.6) is 0 Å². The van der Waals surface area contributed by atoms with Crippen molar-refractivity contribution in [2.75, 3.05) is 0 Å². The summed E-state index contributed by atoms with van der Waals surface area (Å²) in [4.78, 5) is 0. The van der Waals surface area contributed by atoms with Gasteiger partial charge in [-0.1, -0.05) is 86.2 Å². The zero-order valence-corrected chi connectivity index (χ0v) is 27.2. The minimum atomic E-state index is 0. The van der Waals surface area contributed by atoms with E-state index in [1.54, 1.807) is 0 Å². The predicted octanol–water partition coefficient (Wildman–Crippen LogP) is 3.80. The van der Waals surface area contributed by atoms with Gasteiger partial charge in [0.2, 0.25) is 0 Å². The number of halogens is 2. The van der Waals surface area contributed by atoms with Gasteiger partial charge in [-0.05, 0) is 22.6 Å². The second-order valence-electron chi connectivity index (χ2n) is 10.5. The van der Waals surface area contributed by atoms with Crippen LogP contribution < -0.4 is 24.8 Å². The van der Waals surface area contributed by atoms with Crippen molar-refractivity contribution in [2.24, 2.45) is 0 Å². The first-order valence-electron chi connectivity index (χ1n) is 13.7. The van der Waals surface area contributed by atoms with Gasteiger partial charge in [0.15, 0.2) is 0 Å². The fourth-order valence-corrected chi connectivity index (χ4v) is 6.61. The number of hydrogen-bond acceptors (Lipinski definition) is 0. The zero-order chi connectivity index (χ0) is 26.8. The molecule has 202 valence electrons. The third-order valence-corrected chi connectivity index (χ3v) is 9.16. The Kier molecular flexibility index (Phi) is 10.4. The molecule has 1 aliphatic carbocycles. The van der Waals surface area contributed by atoms with Gasteiger partial charge in [-0.3, -0.25) is 0 Å². The normalized spacial score (nSPS) is 13.2. The zero-order valence-electron chi connectivity index (χ0n) is 23.2. The van der Waals surface area contributed by atoms with E-state index < -0.39 is 0 Å². The molecular formula is C38H31Cl2Zr-. The summed E-state index contributed by atoms with van der Waals surface area (Å²) in [7, 11) is 0. The second-order valence-corrected chi connectivity index (χ2v) is 11.7. The van der Waals surface area contributed by atoms with E-state index in [2.05, 4.69) is 153 Å². The van der Waals surface area contributed by atoms with E-state index >= 15 is 0 Å². The van der Waals surface area contributed by atoms with Crippen LogP contribution in [0.1, 0.15) is 59.1 Å². The Morgan fingerprint density at radius 1 is 0.634 bits per heavy atom. The average molecular weight is 650 g/mol. The number of hydrogen-bond donors (Lipinski definition) is 0. The minimum absolute atomic E-state index is 0. The first kappa shape index (κ1) is 31.0. The fourth-order valence-electron chi connectivity index (χ4n) is 5.79. The summed E-state index contributed by atoms with van der Waals surface area (Å²) >= 11 is 1.46. The van der Waals surface area contributed by atoms with Crippen molar-refractivity contribution in [1.29, 1.82) is 0 Å². The van der Waals surface area contributed by atoms with Crippen molar-refractivity contribution in [3.05, 3.63) is 167 Å². The summed E-state index contributed by atoms with van der Waals surface area (Å²) < 4.78 is 1.42. The average Bonchev–Trinajstić information content (AvgIpc) is 3.60. The number of allylic oxidation sites excluding steroid dienone is 1. The van der Waals surface area contributed by atoms with E-state index in [-0.39, 0.29) is 24.8 Å². The van der Waals surface area contributed by atoms with Gasteiger partial charge in [-0.2, -0.15) is 0 Å². The SMILES string of the molecule is CC(C)c1cccc2c1C=CC2c1cccc2c1[cH-]c1ccccc12.[Cl-].[Cl-].[Zr+2]=[C](c1ccccc1)c1ccccc1. The topological polar surface area (TPSA) is 0 Å². The van der Waals surface area contributed by atoms with Crippen LogP contribution in [0.4, 0.5) is 0 Å². The van der Waals surface area contributed by atoms with E-state index in [4.69, 9.17) is 0 Å². The summed E-state index contributed by atoms with van der Waals surface area (Å²) in [5.74, 6) is 0.907. The molecule has 0 spiro atoms. The molecular weight excluding hydrogens is 619 g/mol. The Bertz CT molecular complexity index is 1760. The van der Waals surface area contributed by atoms with Crippen LogP contribution in [0.15, 0.2) is 133 Å². The van der Waals surface area contributed by atoms with Crippen molar-refractivity contribution in [3.8, 4) is 0 Å². The van der Waals surface area contributed by atoms with Crippen LogP contribution in [0.3, 0.4) is 0 Å². The molecule has 6 aromatic rings. The number of fused-ring (bicyclic) bond motifs is 4. The number of benzene rings is 5. The Hall–Kier alpha value is -2.96. The summed E-state index contributed by atoms with van der Waals surface area (Å²) in [6.45, 7) is 4.56. The number of rotatable bonds is 4. The molecule has 0 saturated heterocycles. The molecule has 1 unspecified atom stereocenters. The molecule has 0 aliphatic heterocycles. The van der Waals surface area contributed by atoms with Crippen LogP contribution in [-0.2, 0) is 24.2 Å². The van der Waals surface area contributed by atoms with Crippen LogP contribution in [-0.4, -0.2) is 3.21 Å². The van der Waals surface area contributed by atoms with E-state index in [0.717, 1.165) is 0 Å². The van der Waals surface area contributed by atoms with Crippen molar-refractivity contribution in [1.82, 2.24) is 0 Å². The Labute approximate surface area is 270 Å². The molecule has 1 atom stereocenters. The van der Waals surface area contributed by atoms with E-state index in [1.807, 2.05) is 0 Å². The first-order chi connectivity index (χ1) is 19.1. The third kappa shape index (κ3) is 6.29. The molecule has 0 aromatic heterocycles. The monoisotopic (exact) mass is 647 g/mol. The van der Waals surface area contributed by atoms with Crippen molar-refractivity contribution >= 4 is 30.8 Å². The standard InChI is InChI=1S/C25H21.C13H10.2ClH.Zr/c1-16(2)18-9-5-11-21-23(18)13-14-24(21)22-12-6-10-20-19-8-4-3-7-17(19)15-25(20)22;1-3-7-12(8-4-1)11-13-9-5-2-6-10-13;;;/h3-16,24H,1-2H3;1-10H;2*1H;/q-1;;;;+2/p-2. The molecule has 0 saturated carbocycles. The molecule has 0 nitrogen and oxygen atoms in total. The molecule has 1 aliphatic rings. The van der Waals surface area contributed by atoms with Crippen molar-refractivity contribution < 1.29 is 49.0 Å². The van der Waals surface area contributed by atoms with Crippen LogP contribution in [0.2, 0.25) is 0 Å². The van der Waals surface area contributed by atoms with Gasteiger partial charge in [-0.15, -0.1) is 33.7 Å². The van der Waals surface area contributed by atoms with Crippen LogP contribution >= 0.6 is 0 Å². The molecule has 0 N–H and O–H groups in total. The molecule has 7 rings (SSSR count). The van der Waals surface area contributed by atoms with Gasteiger partial charge in [0.1, 0.15) is 0 Å². The Morgan fingerprint density at radius 3 is 1.85 bits per heavy atom. The second kappa shape index (κ2) is 13.8. The molecule has 0 heterocycles. The molecule has 6 aromatic carbocycles. The molecule has 3 heteroatoms. The summed E-state index contributed by atoms with van der Waals surface area (Å²) in [6.07, 6.45) is 4.71. The van der Waals surface area contributed by atoms with Crippen LogP contribution in [0, 0.1) is 0 Å². The molecule has 0 bridgehead atoms. The van der Waals surface area contributed by atoms with Gasteiger partial charge in [0, 0.05) is 5.92 Å². The van der Waals surface area contributed by atoms with Gasteiger partial charge in [0.05, 0.1) is 0 Å². The van der Waals surface area contributed by atoms with Gasteiger partial charge < -0.3 is 24.8 Å². The maximum atomic E-state index is 2.38. The van der Waals surface area contributed by atoms with Crippen molar-refractivity contribution in [3.63, 3.8) is 0 Å². The Morgan fingerprint density at radius 2 is 1.20 bits per heavy atom. The molecule has 0 fully saturated rings. The first-order valence-corrected chi connectivity index (χ1v) is 14.9. The molecule has 0 radical (unpaired) electrons. The van der Waals surface area contributed by atoms with Gasteiger partial charge >= 0.3 is 99.2 Å². The van der Waals surface area contributed by atoms with Gasteiger partial charge in [-0.25, -0.2) is 0 Å². The molecule has 0 amide bonds. The third-order valence-electron chi connectivity index (χ3n) is 7.74. The van der Waals surface area contributed by atoms with E-state index in [0.29, 0.717) is 11.8 Å². The Balaban J connectivity index is 0.000000208. The van der Waals surface area contributed by atoms with Crippen molar-refractivity contribution in [2.45, 2.75) is 25.7 Å². The summed E-state index contributed by atoms with van der Waals surface area (Å²) in [5, 5.41) is 5.46. The van der Waals surface area contributed by atoms with E-state index in [9.17, 15) is 0 Å². The molecule has 41 heavy (non-hydrogen) atoms. The van der Waals surface area contributed by atoms with Crippen LogP contribution in [0.25, 0.3) is 27.6 Å². The van der Waals surface area contributed by atoms with Gasteiger partial charge in [0.25, 0.3) is 0 Å². The summed E-state index contributed by atoms with van der Waals surface area (Å²) in [6, 6.07) is 45.7. The quantitative estimate of drug-likeness (QED) is 0.255. The summed E-state index contributed by atoms with van der Waals surface area (Å²) in [5.41, 5.74) is 8.41. The fraction of sp³-hybridized carbons (Fsp3) is 0.105. The predicted molar refractivity (Wildman–Crippen MR) is 165 cm³/mol.